The number of aryl methyl sites for hydroxylation is 1. The average Bonchev–Trinajstić information content (AvgIpc) is 3.43. The van der Waals surface area contributed by atoms with Crippen molar-refractivity contribution in [2.24, 2.45) is 0 Å². The molecule has 14 heteroatoms. The minimum atomic E-state index is -4.51. The summed E-state index contributed by atoms with van der Waals surface area (Å²) in [5.74, 6) is 0.945. The molecule has 0 atom stereocenters. The molecule has 1 aliphatic heterocycles. The van der Waals surface area contributed by atoms with Gasteiger partial charge in [0.2, 0.25) is 5.95 Å². The molecule has 11 nitrogen and oxygen atoms in total. The third kappa shape index (κ3) is 7.19. The van der Waals surface area contributed by atoms with Crippen LogP contribution in [0.1, 0.15) is 21.5 Å². The molecule has 42 heavy (non-hydrogen) atoms. The Kier molecular flexibility index (Phi) is 8.64. The van der Waals surface area contributed by atoms with Crippen molar-refractivity contribution >= 4 is 29.0 Å². The van der Waals surface area contributed by atoms with E-state index in [-0.39, 0.29) is 11.3 Å². The molecule has 1 amide bonds. The fourth-order valence-electron chi connectivity index (χ4n) is 4.46. The van der Waals surface area contributed by atoms with Crippen molar-refractivity contribution < 1.29 is 18.0 Å². The molecule has 3 N–H and O–H groups in total. The van der Waals surface area contributed by atoms with Crippen LogP contribution in [0.5, 0.6) is 0 Å². The van der Waals surface area contributed by atoms with Crippen molar-refractivity contribution in [1.82, 2.24) is 34.5 Å². The van der Waals surface area contributed by atoms with Gasteiger partial charge in [0.05, 0.1) is 5.56 Å². The first-order valence-corrected chi connectivity index (χ1v) is 13.4. The van der Waals surface area contributed by atoms with Crippen molar-refractivity contribution in [3.63, 3.8) is 0 Å². The van der Waals surface area contributed by atoms with E-state index in [1.807, 2.05) is 6.92 Å². The Morgan fingerprint density at radius 1 is 0.976 bits per heavy atom. The maximum absolute atomic E-state index is 13.1. The van der Waals surface area contributed by atoms with E-state index < -0.39 is 17.6 Å². The minimum Gasteiger partial charge on any atom is -0.369 e. The lowest BCUT2D eigenvalue weighted by Gasteiger charge is -2.32. The van der Waals surface area contributed by atoms with E-state index in [9.17, 15) is 18.0 Å². The fourth-order valence-corrected chi connectivity index (χ4v) is 4.46. The molecule has 0 bridgehead atoms. The summed E-state index contributed by atoms with van der Waals surface area (Å²) in [6.45, 7) is 7.68. The smallest absolute Gasteiger partial charge is 0.369 e. The van der Waals surface area contributed by atoms with Gasteiger partial charge in [-0.1, -0.05) is 12.1 Å². The van der Waals surface area contributed by atoms with Crippen LogP contribution in [0.2, 0.25) is 0 Å². The summed E-state index contributed by atoms with van der Waals surface area (Å²) >= 11 is 0. The van der Waals surface area contributed by atoms with Crippen molar-refractivity contribution in [1.29, 1.82) is 0 Å². The monoisotopic (exact) mass is 580 g/mol. The second-order valence-corrected chi connectivity index (χ2v) is 10.0. The molecule has 1 fully saturated rings. The number of halogens is 3. The summed E-state index contributed by atoms with van der Waals surface area (Å²) in [7, 11) is 2.13. The van der Waals surface area contributed by atoms with E-state index in [0.717, 1.165) is 57.0 Å². The first-order chi connectivity index (χ1) is 20.2. The number of rotatable bonds is 9. The molecule has 1 aliphatic rings. The van der Waals surface area contributed by atoms with E-state index in [4.69, 9.17) is 0 Å². The lowest BCUT2D eigenvalue weighted by atomic mass is 10.1. The van der Waals surface area contributed by atoms with Crippen molar-refractivity contribution in [3.05, 3.63) is 77.9 Å². The van der Waals surface area contributed by atoms with Gasteiger partial charge in [-0.3, -0.25) is 9.69 Å². The number of benzene rings is 2. The zero-order chi connectivity index (χ0) is 29.7. The van der Waals surface area contributed by atoms with E-state index >= 15 is 0 Å². The average molecular weight is 581 g/mol. The molecular weight excluding hydrogens is 549 g/mol. The van der Waals surface area contributed by atoms with E-state index in [1.165, 1.54) is 29.5 Å². The largest absolute Gasteiger partial charge is 0.416 e. The Bertz CT molecular complexity index is 1530. The van der Waals surface area contributed by atoms with Gasteiger partial charge in [-0.25, -0.2) is 9.97 Å². The van der Waals surface area contributed by atoms with Crippen LogP contribution >= 0.6 is 0 Å². The molecule has 2 aromatic carbocycles. The Labute approximate surface area is 240 Å². The molecule has 2 aromatic heterocycles. The molecule has 0 spiro atoms. The number of nitrogens with zero attached hydrogens (tertiary/aromatic N) is 7. The molecule has 0 aliphatic carbocycles. The quantitative estimate of drug-likeness (QED) is 0.270. The molecule has 220 valence electrons. The SMILES string of the molecule is Cc1ccc(C(=O)Nc2cccc(C(F)(F)F)c2)cc1Nc1ncnn1-c1cc(NCCN2CCN(C)CC2)ncn1. The van der Waals surface area contributed by atoms with Gasteiger partial charge in [-0.05, 0) is 49.9 Å². The topological polar surface area (TPSA) is 116 Å². The molecule has 3 heterocycles. The summed E-state index contributed by atoms with van der Waals surface area (Å²) < 4.78 is 40.7. The third-order valence-corrected chi connectivity index (χ3v) is 6.94. The zero-order valence-corrected chi connectivity index (χ0v) is 23.2. The second-order valence-electron chi connectivity index (χ2n) is 10.0. The number of amides is 1. The van der Waals surface area contributed by atoms with Crippen molar-refractivity contribution in [2.45, 2.75) is 13.1 Å². The van der Waals surface area contributed by atoms with Crippen LogP contribution in [0.4, 0.5) is 36.3 Å². The van der Waals surface area contributed by atoms with Crippen LogP contribution in [0.15, 0.2) is 61.2 Å². The Hall–Kier alpha value is -4.56. The molecule has 0 radical (unpaired) electrons. The van der Waals surface area contributed by atoms with Gasteiger partial charge in [-0.15, -0.1) is 0 Å². The maximum Gasteiger partial charge on any atom is 0.416 e. The zero-order valence-electron chi connectivity index (χ0n) is 23.2. The molecule has 1 saturated heterocycles. The van der Waals surface area contributed by atoms with Crippen molar-refractivity contribution in [2.75, 3.05) is 62.3 Å². The molecule has 0 unspecified atom stereocenters. The Morgan fingerprint density at radius 2 is 1.79 bits per heavy atom. The number of hydrogen-bond acceptors (Lipinski definition) is 9. The lowest BCUT2D eigenvalue weighted by molar-refractivity contribution is -0.137. The fraction of sp³-hybridized carbons (Fsp3) is 0.321. The lowest BCUT2D eigenvalue weighted by Crippen LogP contribution is -2.45. The molecule has 4 aromatic rings. The van der Waals surface area contributed by atoms with Crippen LogP contribution in [0.25, 0.3) is 5.82 Å². The highest BCUT2D eigenvalue weighted by Gasteiger charge is 2.30. The standard InChI is InChI=1S/C28H31F3N10O/c1-19-6-7-20(26(42)37-22-5-3-4-21(15-22)28(29,30)31)14-23(19)38-27-35-18-36-41(27)25-16-24(33-17-34-25)32-8-9-40-12-10-39(2)11-13-40/h3-7,14-18H,8-13H2,1-2H3,(H,37,42)(H,32,33,34)(H,35,36,38). The van der Waals surface area contributed by atoms with E-state index in [0.29, 0.717) is 23.3 Å². The number of aromatic nitrogens is 5. The highest BCUT2D eigenvalue weighted by Crippen LogP contribution is 2.31. The summed E-state index contributed by atoms with van der Waals surface area (Å²) in [6.07, 6.45) is -1.68. The summed E-state index contributed by atoms with van der Waals surface area (Å²) in [5.41, 5.74) is 0.834. The first-order valence-electron chi connectivity index (χ1n) is 13.4. The summed E-state index contributed by atoms with van der Waals surface area (Å²) in [4.78, 5) is 30.6. The third-order valence-electron chi connectivity index (χ3n) is 6.94. The number of anilines is 4. The number of hydrogen-bond donors (Lipinski definition) is 3. The van der Waals surface area contributed by atoms with Gasteiger partial charge < -0.3 is 20.9 Å². The highest BCUT2D eigenvalue weighted by atomic mass is 19.4. The number of carbonyl (C=O) groups is 1. The van der Waals surface area contributed by atoms with Crippen LogP contribution in [0.3, 0.4) is 0 Å². The Balaban J connectivity index is 1.26. The first kappa shape index (κ1) is 29.0. The number of nitrogens with one attached hydrogen (secondary N) is 3. The predicted octanol–water partition coefficient (Wildman–Crippen LogP) is 4.04. The molecule has 0 saturated carbocycles. The normalized spacial score (nSPS) is 14.5. The van der Waals surface area contributed by atoms with Gasteiger partial charge in [0.15, 0.2) is 5.82 Å². The number of carbonyl (C=O) groups excluding carboxylic acids is 1. The number of alkyl halides is 3. The van der Waals surface area contributed by atoms with Crippen LogP contribution in [0, 0.1) is 6.92 Å². The summed E-state index contributed by atoms with van der Waals surface area (Å²) in [6, 6.07) is 11.2. The van der Waals surface area contributed by atoms with Gasteiger partial charge in [0, 0.05) is 62.3 Å². The van der Waals surface area contributed by atoms with E-state index in [1.54, 1.807) is 24.3 Å². The summed E-state index contributed by atoms with van der Waals surface area (Å²) in [5, 5.41) is 13.4. The molecular formula is C28H31F3N10O. The maximum atomic E-state index is 13.1. The van der Waals surface area contributed by atoms with Gasteiger partial charge in [0.1, 0.15) is 18.5 Å². The Morgan fingerprint density at radius 3 is 2.57 bits per heavy atom. The van der Waals surface area contributed by atoms with Gasteiger partial charge in [-0.2, -0.15) is 27.9 Å². The molecule has 5 rings (SSSR count). The van der Waals surface area contributed by atoms with E-state index in [2.05, 4.69) is 52.8 Å². The van der Waals surface area contributed by atoms with Crippen molar-refractivity contribution in [3.8, 4) is 5.82 Å². The van der Waals surface area contributed by atoms with Crippen LogP contribution < -0.4 is 16.0 Å². The number of likely N-dealkylation sites (N-methyl/N-ethyl adjacent to an activating group) is 1. The van der Waals surface area contributed by atoms with Crippen LogP contribution in [-0.4, -0.2) is 86.8 Å². The van der Waals surface area contributed by atoms with Gasteiger partial charge in [0.25, 0.3) is 5.91 Å². The predicted molar refractivity (Wildman–Crippen MR) is 153 cm³/mol. The van der Waals surface area contributed by atoms with Gasteiger partial charge >= 0.3 is 6.18 Å². The van der Waals surface area contributed by atoms with Crippen LogP contribution in [-0.2, 0) is 6.18 Å². The minimum absolute atomic E-state index is 0.0429. The number of piperazine rings is 1. The highest BCUT2D eigenvalue weighted by molar-refractivity contribution is 6.05. The second kappa shape index (κ2) is 12.5.